The molecule has 0 saturated carbocycles. The van der Waals surface area contributed by atoms with E-state index in [1.54, 1.807) is 11.3 Å². The maximum atomic E-state index is 10.3. The van der Waals surface area contributed by atoms with Crippen molar-refractivity contribution < 1.29 is 14.9 Å². The van der Waals surface area contributed by atoms with Gasteiger partial charge in [-0.05, 0) is 17.4 Å². The fourth-order valence-corrected chi connectivity index (χ4v) is 2.57. The zero-order valence-corrected chi connectivity index (χ0v) is 11.8. The molecule has 104 valence electrons. The summed E-state index contributed by atoms with van der Waals surface area (Å²) in [6, 6.07) is 3.92. The lowest BCUT2D eigenvalue weighted by Gasteiger charge is -2.27. The number of rotatable bonds is 9. The van der Waals surface area contributed by atoms with Crippen LogP contribution in [0.15, 0.2) is 17.5 Å². The van der Waals surface area contributed by atoms with E-state index >= 15 is 0 Å². The summed E-state index contributed by atoms with van der Waals surface area (Å²) >= 11 is 1.57. The summed E-state index contributed by atoms with van der Waals surface area (Å²) < 4.78 is 5.19. The Morgan fingerprint density at radius 2 is 2.17 bits per heavy atom. The van der Waals surface area contributed by atoms with E-state index < -0.39 is 6.10 Å². The van der Waals surface area contributed by atoms with Gasteiger partial charge in [0.2, 0.25) is 0 Å². The topological polar surface area (TPSA) is 61.7 Å². The summed E-state index contributed by atoms with van der Waals surface area (Å²) in [5.74, 6) is 0.333. The summed E-state index contributed by atoms with van der Waals surface area (Å²) in [6.07, 6.45) is -0.483. The average molecular weight is 273 g/mol. The number of nitrogens with one attached hydrogen (secondary N) is 1. The predicted molar refractivity (Wildman–Crippen MR) is 73.8 cm³/mol. The highest BCUT2D eigenvalue weighted by molar-refractivity contribution is 7.10. The van der Waals surface area contributed by atoms with E-state index in [0.717, 1.165) is 4.88 Å². The molecule has 3 N–H and O–H groups in total. The van der Waals surface area contributed by atoms with E-state index in [9.17, 15) is 5.11 Å². The van der Waals surface area contributed by atoms with Crippen molar-refractivity contribution in [3.05, 3.63) is 22.4 Å². The Hall–Kier alpha value is -0.460. The van der Waals surface area contributed by atoms with Crippen LogP contribution in [-0.4, -0.2) is 42.6 Å². The van der Waals surface area contributed by atoms with Crippen molar-refractivity contribution in [3.63, 3.8) is 0 Å². The molecule has 1 heterocycles. The molecule has 5 heteroatoms. The number of aliphatic hydroxyl groups is 2. The Labute approximate surface area is 113 Å². The predicted octanol–water partition coefficient (Wildman–Crippen LogP) is 1.40. The van der Waals surface area contributed by atoms with Crippen molar-refractivity contribution in [2.75, 3.05) is 26.4 Å². The summed E-state index contributed by atoms with van der Waals surface area (Å²) in [7, 11) is 0. The van der Waals surface area contributed by atoms with Crippen LogP contribution in [0.2, 0.25) is 0 Å². The van der Waals surface area contributed by atoms with Crippen LogP contribution in [0.3, 0.4) is 0 Å². The first kappa shape index (κ1) is 15.6. The minimum atomic E-state index is -0.483. The minimum Gasteiger partial charge on any atom is -0.394 e. The molecule has 0 bridgehead atoms. The van der Waals surface area contributed by atoms with Crippen molar-refractivity contribution in [2.45, 2.75) is 26.0 Å². The third-order valence-electron chi connectivity index (χ3n) is 2.76. The van der Waals surface area contributed by atoms with Crippen molar-refractivity contribution in [2.24, 2.45) is 5.92 Å². The molecule has 1 aromatic heterocycles. The molecule has 1 rings (SSSR count). The van der Waals surface area contributed by atoms with Gasteiger partial charge in [-0.15, -0.1) is 11.3 Å². The van der Waals surface area contributed by atoms with E-state index in [2.05, 4.69) is 19.2 Å². The molecule has 4 nitrogen and oxygen atoms in total. The second kappa shape index (κ2) is 8.61. The molecule has 0 saturated heterocycles. The summed E-state index contributed by atoms with van der Waals surface area (Å²) in [5, 5.41) is 24.2. The second-order valence-corrected chi connectivity index (χ2v) is 5.50. The molecule has 0 aliphatic carbocycles. The molecule has 0 fully saturated rings. The highest BCUT2D eigenvalue weighted by atomic mass is 32.1. The molecular weight excluding hydrogens is 250 g/mol. The average Bonchev–Trinajstić information content (AvgIpc) is 2.86. The van der Waals surface area contributed by atoms with E-state index in [0.29, 0.717) is 25.7 Å². The van der Waals surface area contributed by atoms with Gasteiger partial charge in [0.25, 0.3) is 0 Å². The van der Waals surface area contributed by atoms with Crippen LogP contribution in [0.25, 0.3) is 0 Å². The van der Waals surface area contributed by atoms with E-state index in [-0.39, 0.29) is 12.6 Å². The van der Waals surface area contributed by atoms with E-state index in [1.807, 2.05) is 17.5 Å². The van der Waals surface area contributed by atoms with Gasteiger partial charge in [0.05, 0.1) is 19.8 Å². The molecule has 0 aliphatic rings. The number of aliphatic hydroxyl groups excluding tert-OH is 2. The SMILES string of the molecule is CC(C)C(NCCOCCO)C(O)c1cccs1. The Balaban J connectivity index is 2.40. The van der Waals surface area contributed by atoms with Crippen LogP contribution < -0.4 is 5.32 Å². The van der Waals surface area contributed by atoms with Crippen LogP contribution in [0.4, 0.5) is 0 Å². The van der Waals surface area contributed by atoms with Crippen molar-refractivity contribution in [3.8, 4) is 0 Å². The molecule has 2 atom stereocenters. The zero-order valence-electron chi connectivity index (χ0n) is 11.0. The van der Waals surface area contributed by atoms with Crippen molar-refractivity contribution >= 4 is 11.3 Å². The highest BCUT2D eigenvalue weighted by Gasteiger charge is 2.23. The molecule has 0 amide bonds. The summed E-state index contributed by atoms with van der Waals surface area (Å²) in [4.78, 5) is 0.984. The Morgan fingerprint density at radius 1 is 1.39 bits per heavy atom. The van der Waals surface area contributed by atoms with Gasteiger partial charge in [-0.25, -0.2) is 0 Å². The molecule has 0 spiro atoms. The van der Waals surface area contributed by atoms with Gasteiger partial charge in [0.15, 0.2) is 0 Å². The van der Waals surface area contributed by atoms with Crippen molar-refractivity contribution in [1.29, 1.82) is 0 Å². The second-order valence-electron chi connectivity index (χ2n) is 4.52. The standard InChI is InChI=1S/C13H23NO3S/c1-10(2)12(14-5-7-17-8-6-15)13(16)11-4-3-9-18-11/h3-4,9-10,12-16H,5-8H2,1-2H3. The fraction of sp³-hybridized carbons (Fsp3) is 0.692. The Bertz CT molecular complexity index is 303. The van der Waals surface area contributed by atoms with Crippen LogP contribution in [0, 0.1) is 5.92 Å². The third kappa shape index (κ3) is 5.04. The number of hydrogen-bond donors (Lipinski definition) is 3. The minimum absolute atomic E-state index is 0.0152. The maximum absolute atomic E-state index is 10.3. The highest BCUT2D eigenvalue weighted by Crippen LogP contribution is 2.25. The van der Waals surface area contributed by atoms with Gasteiger partial charge in [0.1, 0.15) is 6.10 Å². The van der Waals surface area contributed by atoms with E-state index in [1.165, 1.54) is 0 Å². The third-order valence-corrected chi connectivity index (χ3v) is 3.70. The quantitative estimate of drug-likeness (QED) is 0.595. The smallest absolute Gasteiger partial charge is 0.104 e. The van der Waals surface area contributed by atoms with Gasteiger partial charge in [-0.1, -0.05) is 19.9 Å². The lowest BCUT2D eigenvalue weighted by Crippen LogP contribution is -2.40. The lowest BCUT2D eigenvalue weighted by atomic mass is 9.97. The molecule has 1 aromatic rings. The molecular formula is C13H23NO3S. The number of hydrogen-bond acceptors (Lipinski definition) is 5. The molecule has 0 aromatic carbocycles. The van der Waals surface area contributed by atoms with Crippen LogP contribution in [0.5, 0.6) is 0 Å². The van der Waals surface area contributed by atoms with Gasteiger partial charge in [-0.3, -0.25) is 0 Å². The Kier molecular flexibility index (Phi) is 7.46. The lowest BCUT2D eigenvalue weighted by molar-refractivity contribution is 0.0762. The van der Waals surface area contributed by atoms with Gasteiger partial charge < -0.3 is 20.3 Å². The van der Waals surface area contributed by atoms with Crippen LogP contribution in [-0.2, 0) is 4.74 Å². The molecule has 18 heavy (non-hydrogen) atoms. The van der Waals surface area contributed by atoms with Gasteiger partial charge >= 0.3 is 0 Å². The Morgan fingerprint density at radius 3 is 2.72 bits per heavy atom. The first-order valence-corrected chi connectivity index (χ1v) is 7.18. The first-order chi connectivity index (χ1) is 8.66. The van der Waals surface area contributed by atoms with E-state index in [4.69, 9.17) is 9.84 Å². The van der Waals surface area contributed by atoms with Gasteiger partial charge in [-0.2, -0.15) is 0 Å². The van der Waals surface area contributed by atoms with Crippen LogP contribution in [0.1, 0.15) is 24.8 Å². The molecule has 2 unspecified atom stereocenters. The van der Waals surface area contributed by atoms with Crippen LogP contribution >= 0.6 is 11.3 Å². The maximum Gasteiger partial charge on any atom is 0.104 e. The molecule has 0 radical (unpaired) electrons. The normalized spacial score (nSPS) is 14.9. The first-order valence-electron chi connectivity index (χ1n) is 6.30. The zero-order chi connectivity index (χ0) is 13.4. The number of ether oxygens (including phenoxy) is 1. The number of thiophene rings is 1. The summed E-state index contributed by atoms with van der Waals surface area (Å²) in [5.41, 5.74) is 0. The van der Waals surface area contributed by atoms with Crippen molar-refractivity contribution in [1.82, 2.24) is 5.32 Å². The largest absolute Gasteiger partial charge is 0.394 e. The van der Waals surface area contributed by atoms with Gasteiger partial charge in [0, 0.05) is 17.5 Å². The summed E-state index contributed by atoms with van der Waals surface area (Å²) in [6.45, 7) is 5.80. The molecule has 0 aliphatic heterocycles. The monoisotopic (exact) mass is 273 g/mol. The fourth-order valence-electron chi connectivity index (χ4n) is 1.81.